The van der Waals surface area contributed by atoms with Crippen LogP contribution in [0.5, 0.6) is 0 Å². The lowest BCUT2D eigenvalue weighted by atomic mass is 10.1. The van der Waals surface area contributed by atoms with Crippen molar-refractivity contribution in [3.05, 3.63) is 41.2 Å². The Kier molecular flexibility index (Phi) is 4.38. The number of likely N-dealkylation sites (tertiary alicyclic amines) is 1. The molecule has 7 heteroatoms. The average molecular weight is 314 g/mol. The summed E-state index contributed by atoms with van der Waals surface area (Å²) in [6, 6.07) is 1.71. The monoisotopic (exact) mass is 314 g/mol. The van der Waals surface area contributed by atoms with Crippen molar-refractivity contribution in [2.75, 3.05) is 20.6 Å². The van der Waals surface area contributed by atoms with Gasteiger partial charge in [-0.2, -0.15) is 5.10 Å². The van der Waals surface area contributed by atoms with Crippen molar-refractivity contribution in [2.45, 2.75) is 32.4 Å². The Morgan fingerprint density at radius 3 is 3.00 bits per heavy atom. The number of aromatic amines is 1. The molecule has 1 amide bonds. The summed E-state index contributed by atoms with van der Waals surface area (Å²) in [4.78, 5) is 25.7. The molecule has 1 aliphatic rings. The highest BCUT2D eigenvalue weighted by atomic mass is 16.2. The molecule has 1 saturated heterocycles. The van der Waals surface area contributed by atoms with Crippen molar-refractivity contribution in [1.29, 1.82) is 0 Å². The van der Waals surface area contributed by atoms with Crippen LogP contribution in [-0.4, -0.2) is 56.5 Å². The van der Waals surface area contributed by atoms with Crippen LogP contribution in [0.2, 0.25) is 0 Å². The summed E-state index contributed by atoms with van der Waals surface area (Å²) in [5.41, 5.74) is 2.57. The summed E-state index contributed by atoms with van der Waals surface area (Å²) in [6.07, 6.45) is 5.39. The van der Waals surface area contributed by atoms with Gasteiger partial charge in [-0.15, -0.1) is 0 Å². The Bertz CT molecular complexity index is 682. The van der Waals surface area contributed by atoms with E-state index in [-0.39, 0.29) is 11.9 Å². The summed E-state index contributed by atoms with van der Waals surface area (Å²) >= 11 is 0. The number of hydrogen-bond donors (Lipinski definition) is 1. The number of rotatable bonds is 4. The molecule has 122 valence electrons. The molecule has 1 N–H and O–H groups in total. The summed E-state index contributed by atoms with van der Waals surface area (Å²) in [5, 5.41) is 6.64. The zero-order chi connectivity index (χ0) is 16.4. The molecule has 2 aromatic rings. The third-order valence-electron chi connectivity index (χ3n) is 4.07. The van der Waals surface area contributed by atoms with E-state index >= 15 is 0 Å². The van der Waals surface area contributed by atoms with Crippen LogP contribution in [0.1, 0.15) is 46.5 Å². The first-order valence-electron chi connectivity index (χ1n) is 7.83. The standard InChI is InChI=1S/C16H22N6O/c1-11-17-9-12(10-21(2)3)15(19-11)14-5-4-8-22(14)16(23)13-6-7-18-20-13/h6-7,9,14H,4-5,8,10H2,1-3H3,(H,18,20)/t14-/m1/s1. The van der Waals surface area contributed by atoms with Crippen molar-refractivity contribution >= 4 is 5.91 Å². The van der Waals surface area contributed by atoms with Gasteiger partial charge in [-0.05, 0) is 39.9 Å². The Labute approximate surface area is 135 Å². The van der Waals surface area contributed by atoms with Gasteiger partial charge in [0.05, 0.1) is 11.7 Å². The molecule has 23 heavy (non-hydrogen) atoms. The van der Waals surface area contributed by atoms with Crippen LogP contribution in [0.15, 0.2) is 18.5 Å². The van der Waals surface area contributed by atoms with Gasteiger partial charge in [0, 0.05) is 31.0 Å². The fraction of sp³-hybridized carbons (Fsp3) is 0.500. The van der Waals surface area contributed by atoms with E-state index in [9.17, 15) is 4.79 Å². The van der Waals surface area contributed by atoms with Gasteiger partial charge in [0.25, 0.3) is 5.91 Å². The van der Waals surface area contributed by atoms with Crippen molar-refractivity contribution in [3.63, 3.8) is 0 Å². The first-order valence-corrected chi connectivity index (χ1v) is 7.83. The topological polar surface area (TPSA) is 78.0 Å². The van der Waals surface area contributed by atoms with Crippen molar-refractivity contribution in [2.24, 2.45) is 0 Å². The highest BCUT2D eigenvalue weighted by Gasteiger charge is 2.33. The maximum absolute atomic E-state index is 12.7. The third kappa shape index (κ3) is 3.24. The van der Waals surface area contributed by atoms with Crippen molar-refractivity contribution in [3.8, 4) is 0 Å². The zero-order valence-corrected chi connectivity index (χ0v) is 13.8. The van der Waals surface area contributed by atoms with Crippen LogP contribution in [0.3, 0.4) is 0 Å². The van der Waals surface area contributed by atoms with Crippen molar-refractivity contribution < 1.29 is 4.79 Å². The summed E-state index contributed by atoms with van der Waals surface area (Å²) < 4.78 is 0. The van der Waals surface area contributed by atoms with Crippen molar-refractivity contribution in [1.82, 2.24) is 30.0 Å². The van der Waals surface area contributed by atoms with Gasteiger partial charge in [0.2, 0.25) is 0 Å². The van der Waals surface area contributed by atoms with Gasteiger partial charge >= 0.3 is 0 Å². The second-order valence-electron chi connectivity index (χ2n) is 6.19. The number of H-pyrrole nitrogens is 1. The zero-order valence-electron chi connectivity index (χ0n) is 13.8. The molecule has 3 heterocycles. The molecule has 2 aromatic heterocycles. The Hall–Kier alpha value is -2.28. The molecule has 0 bridgehead atoms. The average Bonchev–Trinajstić information content (AvgIpc) is 3.19. The molecule has 0 aliphatic carbocycles. The number of nitrogens with zero attached hydrogens (tertiary/aromatic N) is 5. The molecule has 7 nitrogen and oxygen atoms in total. The largest absolute Gasteiger partial charge is 0.329 e. The molecular weight excluding hydrogens is 292 g/mol. The Balaban J connectivity index is 1.93. The molecule has 1 fully saturated rings. The highest BCUT2D eigenvalue weighted by molar-refractivity contribution is 5.92. The summed E-state index contributed by atoms with van der Waals surface area (Å²) in [7, 11) is 4.04. The second-order valence-corrected chi connectivity index (χ2v) is 6.19. The van der Waals surface area contributed by atoms with Gasteiger partial charge < -0.3 is 9.80 Å². The molecule has 0 unspecified atom stereocenters. The highest BCUT2D eigenvalue weighted by Crippen LogP contribution is 2.33. The molecule has 0 saturated carbocycles. The van der Waals surface area contributed by atoms with Crippen LogP contribution in [0.25, 0.3) is 0 Å². The number of nitrogens with one attached hydrogen (secondary N) is 1. The van der Waals surface area contributed by atoms with E-state index in [4.69, 9.17) is 0 Å². The lowest BCUT2D eigenvalue weighted by Crippen LogP contribution is -2.32. The SMILES string of the molecule is Cc1ncc(CN(C)C)c([C@H]2CCCN2C(=O)c2ccn[nH]2)n1. The normalized spacial score (nSPS) is 17.9. The van der Waals surface area contributed by atoms with E-state index in [0.29, 0.717) is 5.69 Å². The number of aromatic nitrogens is 4. The quantitative estimate of drug-likeness (QED) is 0.926. The van der Waals surface area contributed by atoms with E-state index < -0.39 is 0 Å². The van der Waals surface area contributed by atoms with E-state index in [1.54, 1.807) is 12.3 Å². The van der Waals surface area contributed by atoms with Gasteiger partial charge in [0.15, 0.2) is 0 Å². The van der Waals surface area contributed by atoms with Crippen LogP contribution < -0.4 is 0 Å². The van der Waals surface area contributed by atoms with E-state index in [1.807, 2.05) is 32.1 Å². The van der Waals surface area contributed by atoms with Crippen LogP contribution in [0, 0.1) is 6.92 Å². The molecular formula is C16H22N6O. The molecule has 0 aromatic carbocycles. The smallest absolute Gasteiger partial charge is 0.272 e. The lowest BCUT2D eigenvalue weighted by molar-refractivity contribution is 0.0725. The fourth-order valence-electron chi connectivity index (χ4n) is 3.09. The predicted octanol–water partition coefficient (Wildman–Crippen LogP) is 1.55. The first kappa shape index (κ1) is 15.6. The number of hydrogen-bond acceptors (Lipinski definition) is 5. The summed E-state index contributed by atoms with van der Waals surface area (Å²) in [5.74, 6) is 0.723. The fourth-order valence-corrected chi connectivity index (χ4v) is 3.09. The Morgan fingerprint density at radius 1 is 1.48 bits per heavy atom. The molecule has 0 radical (unpaired) electrons. The van der Waals surface area contributed by atoms with E-state index in [0.717, 1.165) is 43.0 Å². The maximum Gasteiger partial charge on any atom is 0.272 e. The van der Waals surface area contributed by atoms with Gasteiger partial charge in [-0.25, -0.2) is 9.97 Å². The minimum Gasteiger partial charge on any atom is -0.329 e. The van der Waals surface area contributed by atoms with E-state index in [1.165, 1.54) is 0 Å². The van der Waals surface area contributed by atoms with Gasteiger partial charge in [0.1, 0.15) is 11.5 Å². The number of aryl methyl sites for hydroxylation is 1. The minimum atomic E-state index is -0.0166. The van der Waals surface area contributed by atoms with Gasteiger partial charge in [-0.1, -0.05) is 0 Å². The number of amides is 1. The molecule has 1 aliphatic heterocycles. The number of carbonyl (C=O) groups excluding carboxylic acids is 1. The predicted molar refractivity (Wildman–Crippen MR) is 85.8 cm³/mol. The lowest BCUT2D eigenvalue weighted by Gasteiger charge is -2.26. The molecule has 0 spiro atoms. The summed E-state index contributed by atoms with van der Waals surface area (Å²) in [6.45, 7) is 3.39. The van der Waals surface area contributed by atoms with Gasteiger partial charge in [-0.3, -0.25) is 9.89 Å². The van der Waals surface area contributed by atoms with Crippen LogP contribution in [0.4, 0.5) is 0 Å². The van der Waals surface area contributed by atoms with Crippen LogP contribution in [-0.2, 0) is 6.54 Å². The third-order valence-corrected chi connectivity index (χ3v) is 4.07. The first-order chi connectivity index (χ1) is 11.1. The van der Waals surface area contributed by atoms with Crippen LogP contribution >= 0.6 is 0 Å². The number of carbonyl (C=O) groups is 1. The Morgan fingerprint density at radius 2 is 2.30 bits per heavy atom. The van der Waals surface area contributed by atoms with E-state index in [2.05, 4.69) is 25.1 Å². The molecule has 1 atom stereocenters. The minimum absolute atomic E-state index is 0.00227. The molecule has 3 rings (SSSR count). The maximum atomic E-state index is 12.7. The second kappa shape index (κ2) is 6.45.